The third-order valence-electron chi connectivity index (χ3n) is 2.94. The number of rotatable bonds is 3. The maximum absolute atomic E-state index is 11.9. The van der Waals surface area contributed by atoms with Gasteiger partial charge in [0.1, 0.15) is 0 Å². The number of para-hydroxylation sites is 1. The smallest absolute Gasteiger partial charge is 0.228 e. The maximum atomic E-state index is 11.9. The third-order valence-corrected chi connectivity index (χ3v) is 2.94. The summed E-state index contributed by atoms with van der Waals surface area (Å²) in [6, 6.07) is 5.48. The zero-order valence-corrected chi connectivity index (χ0v) is 11.1. The fraction of sp³-hybridized carbons (Fsp3) is 0.333. The zero-order chi connectivity index (χ0) is 12.4. The second-order valence-corrected chi connectivity index (χ2v) is 4.28. The number of hydrogen-bond acceptors (Lipinski definition) is 3. The summed E-state index contributed by atoms with van der Waals surface area (Å²) in [7, 11) is 0. The van der Waals surface area contributed by atoms with Gasteiger partial charge < -0.3 is 11.1 Å². The highest BCUT2D eigenvalue weighted by Crippen LogP contribution is 2.21. The highest BCUT2D eigenvalue weighted by Gasteiger charge is 2.17. The molecule has 18 heavy (non-hydrogen) atoms. The Hall–Kier alpha value is -1.59. The van der Waals surface area contributed by atoms with Gasteiger partial charge in [0.05, 0.1) is 23.3 Å². The van der Waals surface area contributed by atoms with Crippen molar-refractivity contribution in [3.05, 3.63) is 24.4 Å². The first-order valence-electron chi connectivity index (χ1n) is 5.58. The summed E-state index contributed by atoms with van der Waals surface area (Å²) in [5.74, 6) is -0.310. The van der Waals surface area contributed by atoms with Gasteiger partial charge in [-0.1, -0.05) is 19.1 Å². The van der Waals surface area contributed by atoms with Gasteiger partial charge in [-0.25, -0.2) is 0 Å². The number of anilines is 1. The molecule has 6 heteroatoms. The Labute approximate surface area is 112 Å². The molecule has 1 aromatic heterocycles. The van der Waals surface area contributed by atoms with Crippen LogP contribution in [0.25, 0.3) is 10.9 Å². The van der Waals surface area contributed by atoms with Crippen molar-refractivity contribution in [1.29, 1.82) is 0 Å². The van der Waals surface area contributed by atoms with Crippen molar-refractivity contribution in [2.75, 3.05) is 5.32 Å². The Bertz CT molecular complexity index is 538. The summed E-state index contributed by atoms with van der Waals surface area (Å²) in [6.07, 6.45) is 1.72. The van der Waals surface area contributed by atoms with Gasteiger partial charge in [0.25, 0.3) is 0 Å². The van der Waals surface area contributed by atoms with Crippen LogP contribution >= 0.6 is 12.4 Å². The lowest BCUT2D eigenvalue weighted by Gasteiger charge is -2.15. The first-order valence-corrected chi connectivity index (χ1v) is 5.58. The Balaban J connectivity index is 0.00000162. The van der Waals surface area contributed by atoms with Gasteiger partial charge >= 0.3 is 0 Å². The van der Waals surface area contributed by atoms with Crippen molar-refractivity contribution in [3.63, 3.8) is 0 Å². The van der Waals surface area contributed by atoms with Gasteiger partial charge in [-0.2, -0.15) is 5.10 Å². The van der Waals surface area contributed by atoms with Crippen molar-refractivity contribution in [3.8, 4) is 0 Å². The van der Waals surface area contributed by atoms with E-state index in [4.69, 9.17) is 5.73 Å². The van der Waals surface area contributed by atoms with Crippen LogP contribution in [0.2, 0.25) is 0 Å². The number of carbonyl (C=O) groups is 1. The molecule has 0 saturated heterocycles. The number of hydrogen-bond donors (Lipinski definition) is 3. The van der Waals surface area contributed by atoms with Crippen LogP contribution < -0.4 is 11.1 Å². The lowest BCUT2D eigenvalue weighted by atomic mass is 10.0. The number of amides is 1. The average Bonchev–Trinajstić information content (AvgIpc) is 2.76. The minimum absolute atomic E-state index is 0. The molecule has 2 rings (SSSR count). The predicted molar refractivity (Wildman–Crippen MR) is 74.8 cm³/mol. The van der Waals surface area contributed by atoms with Crippen LogP contribution in [0.1, 0.15) is 13.8 Å². The molecule has 0 radical (unpaired) electrons. The van der Waals surface area contributed by atoms with Crippen molar-refractivity contribution in [1.82, 2.24) is 10.2 Å². The Morgan fingerprint density at radius 2 is 2.17 bits per heavy atom. The van der Waals surface area contributed by atoms with E-state index in [0.29, 0.717) is 0 Å². The van der Waals surface area contributed by atoms with Gasteiger partial charge in [-0.15, -0.1) is 12.4 Å². The van der Waals surface area contributed by atoms with Crippen molar-refractivity contribution >= 4 is 34.9 Å². The first kappa shape index (κ1) is 14.5. The lowest BCUT2D eigenvalue weighted by molar-refractivity contribution is -0.119. The Morgan fingerprint density at radius 3 is 2.83 bits per heavy atom. The van der Waals surface area contributed by atoms with E-state index in [1.807, 2.05) is 32.0 Å². The molecule has 0 aliphatic rings. The third kappa shape index (κ3) is 2.80. The molecule has 4 N–H and O–H groups in total. The first-order chi connectivity index (χ1) is 8.09. The molecule has 0 aliphatic heterocycles. The van der Waals surface area contributed by atoms with Gasteiger partial charge in [0, 0.05) is 11.4 Å². The SMILES string of the molecule is CC(N)C(C)C(=O)Nc1cccc2cn[nH]c12.Cl. The van der Waals surface area contributed by atoms with E-state index >= 15 is 0 Å². The van der Waals surface area contributed by atoms with Crippen LogP contribution in [0.15, 0.2) is 24.4 Å². The number of H-pyrrole nitrogens is 1. The number of carbonyl (C=O) groups excluding carboxylic acids is 1. The second-order valence-electron chi connectivity index (χ2n) is 4.28. The quantitative estimate of drug-likeness (QED) is 0.795. The molecule has 5 nitrogen and oxygen atoms in total. The fourth-order valence-electron chi connectivity index (χ4n) is 1.56. The van der Waals surface area contributed by atoms with Crippen LogP contribution in [-0.2, 0) is 4.79 Å². The number of aromatic amines is 1. The second kappa shape index (κ2) is 5.84. The van der Waals surface area contributed by atoms with Gasteiger partial charge in [-0.3, -0.25) is 9.89 Å². The number of aromatic nitrogens is 2. The number of fused-ring (bicyclic) bond motifs is 1. The molecule has 0 aliphatic carbocycles. The van der Waals surface area contributed by atoms with Crippen LogP contribution in [0.5, 0.6) is 0 Å². The zero-order valence-electron chi connectivity index (χ0n) is 10.3. The average molecular weight is 269 g/mol. The monoisotopic (exact) mass is 268 g/mol. The summed E-state index contributed by atoms with van der Waals surface area (Å²) in [6.45, 7) is 3.63. The molecule has 0 saturated carbocycles. The molecule has 0 spiro atoms. The van der Waals surface area contributed by atoms with Gasteiger partial charge in [-0.05, 0) is 13.0 Å². The maximum Gasteiger partial charge on any atom is 0.228 e. The normalized spacial score (nSPS) is 13.7. The van der Waals surface area contributed by atoms with E-state index in [-0.39, 0.29) is 30.3 Å². The topological polar surface area (TPSA) is 83.8 Å². The Kier molecular flexibility index (Phi) is 4.69. The summed E-state index contributed by atoms with van der Waals surface area (Å²) in [4.78, 5) is 11.9. The molecular weight excluding hydrogens is 252 g/mol. The molecule has 0 fully saturated rings. The van der Waals surface area contributed by atoms with Crippen LogP contribution in [0.3, 0.4) is 0 Å². The minimum atomic E-state index is -0.229. The number of nitrogens with zero attached hydrogens (tertiary/aromatic N) is 1. The van der Waals surface area contributed by atoms with Crippen molar-refractivity contribution in [2.24, 2.45) is 11.7 Å². The van der Waals surface area contributed by atoms with Gasteiger partial charge in [0.2, 0.25) is 5.91 Å². The summed E-state index contributed by atoms with van der Waals surface area (Å²) >= 11 is 0. The summed E-state index contributed by atoms with van der Waals surface area (Å²) in [5, 5.41) is 10.6. The van der Waals surface area contributed by atoms with E-state index in [9.17, 15) is 4.79 Å². The molecule has 1 heterocycles. The van der Waals surface area contributed by atoms with E-state index < -0.39 is 0 Å². The Morgan fingerprint density at radius 1 is 1.44 bits per heavy atom. The number of halogens is 1. The molecular formula is C12H17ClN4O. The van der Waals surface area contributed by atoms with Crippen molar-refractivity contribution in [2.45, 2.75) is 19.9 Å². The molecule has 2 unspecified atom stereocenters. The van der Waals surface area contributed by atoms with Crippen molar-refractivity contribution < 1.29 is 4.79 Å². The van der Waals surface area contributed by atoms with E-state index in [2.05, 4.69) is 15.5 Å². The molecule has 2 aromatic rings. The van der Waals surface area contributed by atoms with E-state index in [1.165, 1.54) is 0 Å². The summed E-state index contributed by atoms with van der Waals surface area (Å²) < 4.78 is 0. The largest absolute Gasteiger partial charge is 0.327 e. The number of nitrogens with two attached hydrogens (primary N) is 1. The highest BCUT2D eigenvalue weighted by molar-refractivity contribution is 6.01. The standard InChI is InChI=1S/C12H16N4O.ClH/c1-7(8(2)13)12(17)15-10-5-3-4-9-6-14-16-11(9)10;/h3-8H,13H2,1-2H3,(H,14,16)(H,15,17);1H. The minimum Gasteiger partial charge on any atom is -0.327 e. The van der Waals surface area contributed by atoms with Gasteiger partial charge in [0.15, 0.2) is 0 Å². The number of benzene rings is 1. The summed E-state index contributed by atoms with van der Waals surface area (Å²) in [5.41, 5.74) is 7.27. The fourth-order valence-corrected chi connectivity index (χ4v) is 1.56. The molecule has 1 amide bonds. The van der Waals surface area contributed by atoms with E-state index in [0.717, 1.165) is 16.6 Å². The molecule has 1 aromatic carbocycles. The van der Waals surface area contributed by atoms with Crippen LogP contribution in [-0.4, -0.2) is 22.1 Å². The molecule has 0 bridgehead atoms. The predicted octanol–water partition coefficient (Wildman–Crippen LogP) is 1.91. The number of nitrogens with one attached hydrogen (secondary N) is 2. The molecule has 98 valence electrons. The lowest BCUT2D eigenvalue weighted by Crippen LogP contribution is -2.34. The molecule has 2 atom stereocenters. The van der Waals surface area contributed by atoms with Crippen LogP contribution in [0.4, 0.5) is 5.69 Å². The van der Waals surface area contributed by atoms with Crippen LogP contribution in [0, 0.1) is 5.92 Å². The van der Waals surface area contributed by atoms with E-state index in [1.54, 1.807) is 6.20 Å². The highest BCUT2D eigenvalue weighted by atomic mass is 35.5.